The Morgan fingerprint density at radius 2 is 1.75 bits per heavy atom. The Bertz CT molecular complexity index is 1160. The van der Waals surface area contributed by atoms with E-state index in [0.29, 0.717) is 17.9 Å². The molecule has 1 aliphatic heterocycles. The van der Waals surface area contributed by atoms with Crippen molar-refractivity contribution in [2.45, 2.75) is 36.1 Å². The summed E-state index contributed by atoms with van der Waals surface area (Å²) in [7, 11) is 0. The van der Waals surface area contributed by atoms with Crippen molar-refractivity contribution in [1.29, 1.82) is 0 Å². The first-order valence-corrected chi connectivity index (χ1v) is 12.8. The maximum atomic E-state index is 13.2. The summed E-state index contributed by atoms with van der Waals surface area (Å²) in [6.45, 7) is 0. The lowest BCUT2D eigenvalue weighted by molar-refractivity contribution is 0.102. The van der Waals surface area contributed by atoms with Crippen LogP contribution in [0.2, 0.25) is 0 Å². The molecular weight excluding hydrogens is 412 g/mol. The third-order valence-electron chi connectivity index (χ3n) is 7.86. The Hall–Kier alpha value is -2.72. The fraction of sp³-hybridized carbons (Fsp3) is 0.321. The van der Waals surface area contributed by atoms with Crippen molar-refractivity contribution >= 4 is 29.0 Å². The summed E-state index contributed by atoms with van der Waals surface area (Å²) in [6, 6.07) is 25.5. The molecule has 3 aromatic rings. The lowest BCUT2D eigenvalue weighted by atomic mass is 9.68. The van der Waals surface area contributed by atoms with Gasteiger partial charge in [-0.15, -0.1) is 11.8 Å². The summed E-state index contributed by atoms with van der Waals surface area (Å²) in [5.74, 6) is 2.65. The molecule has 4 heteroatoms. The van der Waals surface area contributed by atoms with Crippen LogP contribution in [-0.2, 0) is 0 Å². The van der Waals surface area contributed by atoms with Crippen molar-refractivity contribution < 1.29 is 4.79 Å². The van der Waals surface area contributed by atoms with Gasteiger partial charge in [0.15, 0.2) is 0 Å². The molecule has 2 N–H and O–H groups in total. The molecule has 0 aromatic heterocycles. The van der Waals surface area contributed by atoms with Gasteiger partial charge < -0.3 is 10.6 Å². The fourth-order valence-electron chi connectivity index (χ4n) is 6.56. The molecule has 6 rings (SSSR count). The van der Waals surface area contributed by atoms with Gasteiger partial charge in [0.2, 0.25) is 0 Å². The number of nitrogens with one attached hydrogen (secondary N) is 2. The molecule has 2 bridgehead atoms. The monoisotopic (exact) mass is 440 g/mol. The van der Waals surface area contributed by atoms with E-state index >= 15 is 0 Å². The van der Waals surface area contributed by atoms with Gasteiger partial charge in [0, 0.05) is 16.1 Å². The summed E-state index contributed by atoms with van der Waals surface area (Å²) >= 11 is 1.65. The Labute approximate surface area is 194 Å². The first-order valence-electron chi connectivity index (χ1n) is 11.6. The van der Waals surface area contributed by atoms with Crippen LogP contribution >= 0.6 is 11.8 Å². The molecule has 0 unspecified atom stereocenters. The van der Waals surface area contributed by atoms with E-state index in [0.717, 1.165) is 28.0 Å². The summed E-state index contributed by atoms with van der Waals surface area (Å²) in [6.07, 6.45) is 6.04. The van der Waals surface area contributed by atoms with Crippen molar-refractivity contribution in [2.75, 3.05) is 16.9 Å². The minimum atomic E-state index is -0.0285. The highest BCUT2D eigenvalue weighted by Gasteiger charge is 2.53. The molecule has 3 aliphatic rings. The number of hydrogen-bond donors (Lipinski definition) is 2. The van der Waals surface area contributed by atoms with Gasteiger partial charge in [-0.2, -0.15) is 0 Å². The first kappa shape index (κ1) is 19.9. The number of carbonyl (C=O) groups excluding carboxylic acids is 1. The van der Waals surface area contributed by atoms with Crippen LogP contribution in [0.5, 0.6) is 0 Å². The minimum Gasteiger partial charge on any atom is -0.378 e. The van der Waals surface area contributed by atoms with Crippen LogP contribution in [0.25, 0.3) is 0 Å². The van der Waals surface area contributed by atoms with Crippen molar-refractivity contribution in [3.63, 3.8) is 0 Å². The van der Waals surface area contributed by atoms with E-state index in [1.807, 2.05) is 36.6 Å². The number of amides is 1. The predicted octanol–water partition coefficient (Wildman–Crippen LogP) is 6.96. The lowest BCUT2D eigenvalue weighted by Crippen LogP contribution is -2.35. The number of hydrogen-bond acceptors (Lipinski definition) is 3. The second-order valence-electron chi connectivity index (χ2n) is 9.43. The molecular formula is C28H28N2OS. The zero-order chi connectivity index (χ0) is 21.7. The van der Waals surface area contributed by atoms with Crippen molar-refractivity contribution in [3.8, 4) is 0 Å². The van der Waals surface area contributed by atoms with Gasteiger partial charge in [0.25, 0.3) is 5.91 Å². The summed E-state index contributed by atoms with van der Waals surface area (Å²) in [4.78, 5) is 14.2. The molecule has 1 amide bonds. The molecule has 1 heterocycles. The highest BCUT2D eigenvalue weighted by molar-refractivity contribution is 7.98. The van der Waals surface area contributed by atoms with Gasteiger partial charge in [0.1, 0.15) is 0 Å². The maximum absolute atomic E-state index is 13.2. The number of thioether (sulfide) groups is 1. The molecule has 2 aliphatic carbocycles. The molecule has 3 aromatic carbocycles. The standard InChI is InChI=1S/C28H28N2OS/c1-32-24-10-6-5-9-23(24)30-28(31)20-13-14-22-21(16-20)25-18-11-12-19(15-18)26(25)27(29-22)17-7-3-2-4-8-17/h2-10,13-14,16,18-19,25-27,29H,11-12,15H2,1H3,(H,30,31)/t18-,19-,25-,26+,27+/m0/s1. The predicted molar refractivity (Wildman–Crippen MR) is 132 cm³/mol. The third kappa shape index (κ3) is 3.24. The molecule has 32 heavy (non-hydrogen) atoms. The van der Waals surface area contributed by atoms with E-state index < -0.39 is 0 Å². The number of anilines is 2. The normalized spacial score (nSPS) is 27.3. The van der Waals surface area contributed by atoms with Crippen molar-refractivity contribution in [1.82, 2.24) is 0 Å². The van der Waals surface area contributed by atoms with Gasteiger partial charge in [0.05, 0.1) is 11.7 Å². The zero-order valence-electron chi connectivity index (χ0n) is 18.3. The number of para-hydroxylation sites is 1. The Kier molecular flexibility index (Phi) is 4.98. The smallest absolute Gasteiger partial charge is 0.255 e. The number of fused-ring (bicyclic) bond motifs is 7. The average Bonchev–Trinajstić information content (AvgIpc) is 3.47. The molecule has 3 nitrogen and oxygen atoms in total. The highest BCUT2D eigenvalue weighted by Crippen LogP contribution is 2.63. The number of benzene rings is 3. The van der Waals surface area contributed by atoms with Gasteiger partial charge >= 0.3 is 0 Å². The third-order valence-corrected chi connectivity index (χ3v) is 8.66. The molecule has 2 saturated carbocycles. The summed E-state index contributed by atoms with van der Waals surface area (Å²) in [5, 5.41) is 7.00. The second kappa shape index (κ2) is 8.00. The van der Waals surface area contributed by atoms with Crippen LogP contribution in [0.15, 0.2) is 77.7 Å². The molecule has 162 valence electrons. The molecule has 2 fully saturated rings. The highest BCUT2D eigenvalue weighted by atomic mass is 32.2. The van der Waals surface area contributed by atoms with Crippen LogP contribution in [0, 0.1) is 17.8 Å². The van der Waals surface area contributed by atoms with Gasteiger partial charge in [-0.25, -0.2) is 0 Å². The van der Waals surface area contributed by atoms with Crippen molar-refractivity contribution in [3.05, 3.63) is 89.5 Å². The quantitative estimate of drug-likeness (QED) is 0.431. The first-order chi connectivity index (χ1) is 15.7. The Morgan fingerprint density at radius 1 is 0.969 bits per heavy atom. The number of carbonyl (C=O) groups is 1. The van der Waals surface area contributed by atoms with Crippen LogP contribution in [0.1, 0.15) is 52.7 Å². The topological polar surface area (TPSA) is 41.1 Å². The molecule has 5 atom stereocenters. The lowest BCUT2D eigenvalue weighted by Gasteiger charge is -2.43. The van der Waals surface area contributed by atoms with Crippen LogP contribution < -0.4 is 10.6 Å². The van der Waals surface area contributed by atoms with Gasteiger partial charge in [-0.1, -0.05) is 42.5 Å². The van der Waals surface area contributed by atoms with E-state index in [2.05, 4.69) is 53.1 Å². The second-order valence-corrected chi connectivity index (χ2v) is 10.3. The van der Waals surface area contributed by atoms with Crippen LogP contribution in [0.3, 0.4) is 0 Å². The van der Waals surface area contributed by atoms with Gasteiger partial charge in [-0.05, 0) is 90.6 Å². The zero-order valence-corrected chi connectivity index (χ0v) is 19.1. The van der Waals surface area contributed by atoms with Crippen molar-refractivity contribution in [2.24, 2.45) is 17.8 Å². The fourth-order valence-corrected chi connectivity index (χ4v) is 7.11. The molecule has 0 saturated heterocycles. The molecule has 0 spiro atoms. The van der Waals surface area contributed by atoms with Gasteiger partial charge in [-0.3, -0.25) is 4.79 Å². The van der Waals surface area contributed by atoms with E-state index in [9.17, 15) is 4.79 Å². The van der Waals surface area contributed by atoms with E-state index in [1.165, 1.54) is 36.1 Å². The largest absolute Gasteiger partial charge is 0.378 e. The molecule has 0 radical (unpaired) electrons. The Morgan fingerprint density at radius 3 is 2.59 bits per heavy atom. The van der Waals surface area contributed by atoms with E-state index in [1.54, 1.807) is 11.8 Å². The minimum absolute atomic E-state index is 0.0285. The van der Waals surface area contributed by atoms with E-state index in [-0.39, 0.29) is 5.91 Å². The summed E-state index contributed by atoms with van der Waals surface area (Å²) < 4.78 is 0. The van der Waals surface area contributed by atoms with E-state index in [4.69, 9.17) is 0 Å². The summed E-state index contributed by atoms with van der Waals surface area (Å²) in [5.41, 5.74) is 5.56. The number of rotatable bonds is 4. The maximum Gasteiger partial charge on any atom is 0.255 e. The van der Waals surface area contributed by atoms with Crippen LogP contribution in [-0.4, -0.2) is 12.2 Å². The average molecular weight is 441 g/mol. The van der Waals surface area contributed by atoms with Crippen LogP contribution in [0.4, 0.5) is 11.4 Å². The SMILES string of the molecule is CSc1ccccc1NC(=O)c1ccc2c(c1)[C@@H]1[C@H]3CC[C@@H](C3)[C@H]1[C@@H](c1ccccc1)N2. The Balaban J connectivity index is 1.35.